The highest BCUT2D eigenvalue weighted by molar-refractivity contribution is 6.47. The molecule has 7 aromatic carbocycles. The van der Waals surface area contributed by atoms with E-state index in [0.717, 1.165) is 72.5 Å². The summed E-state index contributed by atoms with van der Waals surface area (Å²) in [6, 6.07) is 63.4. The first-order valence-corrected chi connectivity index (χ1v) is 24.1. The van der Waals surface area contributed by atoms with Gasteiger partial charge in [0.1, 0.15) is 0 Å². The molecule has 1 radical (unpaired) electrons. The van der Waals surface area contributed by atoms with Crippen molar-refractivity contribution in [2.24, 2.45) is 0 Å². The van der Waals surface area contributed by atoms with Gasteiger partial charge in [-0.15, -0.1) is 0 Å². The summed E-state index contributed by atoms with van der Waals surface area (Å²) in [6.07, 6.45) is 4.00. The number of aliphatic hydroxyl groups is 1. The number of rotatable bonds is 10. The Balaban J connectivity index is 0.943. The number of hydrogen-bond acceptors (Lipinski definition) is 4. The molecule has 0 bridgehead atoms. The molecule has 69 heavy (non-hydrogen) atoms. The second-order valence-corrected chi connectivity index (χ2v) is 21.0. The van der Waals surface area contributed by atoms with E-state index >= 15 is 0 Å². The van der Waals surface area contributed by atoms with Crippen molar-refractivity contribution >= 4 is 12.9 Å². The topological polar surface area (TPSA) is 55.2 Å². The quantitative estimate of drug-likeness (QED) is 0.139. The molecule has 0 aliphatic heterocycles. The summed E-state index contributed by atoms with van der Waals surface area (Å²) in [7, 11) is 1.79. The normalized spacial score (nSPS) is 14.2. The van der Waals surface area contributed by atoms with Gasteiger partial charge in [-0.25, -0.2) is 0 Å². The van der Waals surface area contributed by atoms with E-state index in [2.05, 4.69) is 204 Å². The molecule has 5 heteroatoms. The fraction of sp³-hybridized carbons (Fsp3) is 0.188. The maximum atomic E-state index is 11.0. The Morgan fingerprint density at radius 2 is 0.754 bits per heavy atom. The van der Waals surface area contributed by atoms with Gasteiger partial charge in [0.25, 0.3) is 0 Å². The van der Waals surface area contributed by atoms with Crippen LogP contribution >= 0.6 is 0 Å². The van der Waals surface area contributed by atoms with Gasteiger partial charge in [-0.05, 0) is 136 Å². The fourth-order valence-corrected chi connectivity index (χ4v) is 10.5. The minimum Gasteiger partial charge on any atom is -0.427 e. The third-order valence-corrected chi connectivity index (χ3v) is 15.3. The van der Waals surface area contributed by atoms with Crippen molar-refractivity contribution in [1.29, 1.82) is 0 Å². The van der Waals surface area contributed by atoms with Crippen LogP contribution < -0.4 is 5.46 Å². The maximum Gasteiger partial charge on any atom is 0.330 e. The molecule has 337 valence electrons. The Morgan fingerprint density at radius 3 is 1.14 bits per heavy atom. The number of hydrogen-bond donors (Lipinski definition) is 1. The van der Waals surface area contributed by atoms with E-state index < -0.39 is 11.2 Å². The van der Waals surface area contributed by atoms with Crippen LogP contribution in [0.2, 0.25) is 0 Å². The fourth-order valence-electron chi connectivity index (χ4n) is 10.5. The molecule has 2 aromatic heterocycles. The maximum absolute atomic E-state index is 11.0. The summed E-state index contributed by atoms with van der Waals surface area (Å²) in [5.74, 6) is 0. The average molecular weight is 896 g/mol. The zero-order valence-electron chi connectivity index (χ0n) is 40.7. The first-order chi connectivity index (χ1) is 33.1. The Kier molecular flexibility index (Phi) is 10.6. The van der Waals surface area contributed by atoms with E-state index in [1.807, 2.05) is 26.2 Å². The van der Waals surface area contributed by atoms with Gasteiger partial charge < -0.3 is 9.76 Å². The molecule has 0 saturated heterocycles. The zero-order chi connectivity index (χ0) is 47.9. The largest absolute Gasteiger partial charge is 0.427 e. The smallest absolute Gasteiger partial charge is 0.330 e. The number of nitrogens with zero attached hydrogens (tertiary/aromatic N) is 2. The monoisotopic (exact) mass is 895 g/mol. The summed E-state index contributed by atoms with van der Waals surface area (Å²) < 4.78 is 6.42. The van der Waals surface area contributed by atoms with E-state index in [9.17, 15) is 5.11 Å². The van der Waals surface area contributed by atoms with Crippen LogP contribution in [0.3, 0.4) is 0 Å². The van der Waals surface area contributed by atoms with Crippen molar-refractivity contribution in [2.75, 3.05) is 0 Å². The molecule has 2 heterocycles. The van der Waals surface area contributed by atoms with Crippen LogP contribution in [0.15, 0.2) is 188 Å². The van der Waals surface area contributed by atoms with Crippen LogP contribution in [-0.2, 0) is 15.5 Å². The van der Waals surface area contributed by atoms with E-state index in [4.69, 9.17) is 14.6 Å². The highest BCUT2D eigenvalue weighted by Crippen LogP contribution is 2.51. The van der Waals surface area contributed by atoms with Gasteiger partial charge in [-0.1, -0.05) is 179 Å². The zero-order valence-corrected chi connectivity index (χ0v) is 40.7. The van der Waals surface area contributed by atoms with Crippen molar-refractivity contribution in [3.63, 3.8) is 0 Å². The molecule has 11 rings (SSSR count). The van der Waals surface area contributed by atoms with Crippen molar-refractivity contribution in [3.8, 4) is 89.3 Å². The molecule has 2 aliphatic carbocycles. The molecule has 0 amide bonds. The van der Waals surface area contributed by atoms with Gasteiger partial charge in [0, 0.05) is 45.5 Å². The van der Waals surface area contributed by atoms with E-state index in [1.165, 1.54) is 44.5 Å². The number of benzene rings is 7. The third-order valence-electron chi connectivity index (χ3n) is 15.3. The van der Waals surface area contributed by atoms with E-state index in [1.54, 1.807) is 21.3 Å². The molecule has 2 aliphatic rings. The summed E-state index contributed by atoms with van der Waals surface area (Å²) >= 11 is 0. The number of pyridine rings is 2. The number of fused-ring (bicyclic) bond motifs is 6. The Bertz CT molecular complexity index is 3240. The predicted molar refractivity (Wildman–Crippen MR) is 287 cm³/mol. The Hall–Kier alpha value is -7.18. The summed E-state index contributed by atoms with van der Waals surface area (Å²) in [4.78, 5) is 10.2. The molecule has 0 atom stereocenters. The van der Waals surface area contributed by atoms with Crippen molar-refractivity contribution < 1.29 is 9.76 Å². The first kappa shape index (κ1) is 44.3. The lowest BCUT2D eigenvalue weighted by Gasteiger charge is -2.37. The molecule has 0 saturated carbocycles. The summed E-state index contributed by atoms with van der Waals surface area (Å²) in [5, 5.41) is 11.0. The lowest BCUT2D eigenvalue weighted by molar-refractivity contribution is -0.0893. The molecule has 0 unspecified atom stereocenters. The van der Waals surface area contributed by atoms with Gasteiger partial charge in [-0.2, -0.15) is 0 Å². The van der Waals surface area contributed by atoms with E-state index in [-0.39, 0.29) is 10.8 Å². The number of aromatic nitrogens is 2. The van der Waals surface area contributed by atoms with Crippen molar-refractivity contribution in [3.05, 3.63) is 211 Å². The summed E-state index contributed by atoms with van der Waals surface area (Å²) in [5.41, 5.74) is 22.0. The first-order valence-electron chi connectivity index (χ1n) is 24.1. The molecule has 0 fully saturated rings. The van der Waals surface area contributed by atoms with Crippen LogP contribution in [-0.4, -0.2) is 33.8 Å². The Labute approximate surface area is 408 Å². The minimum atomic E-state index is -1.08. The molecule has 0 spiro atoms. The average Bonchev–Trinajstić information content (AvgIpc) is 3.74. The van der Waals surface area contributed by atoms with E-state index in [0.29, 0.717) is 0 Å². The lowest BCUT2D eigenvalue weighted by atomic mass is 9.79. The summed E-state index contributed by atoms with van der Waals surface area (Å²) in [6.45, 7) is 16.7. The van der Waals surface area contributed by atoms with Gasteiger partial charge >= 0.3 is 7.48 Å². The highest BCUT2D eigenvalue weighted by Gasteiger charge is 2.38. The molecule has 1 N–H and O–H groups in total. The van der Waals surface area contributed by atoms with Gasteiger partial charge in [0.2, 0.25) is 0 Å². The minimum absolute atomic E-state index is 0.0856. The van der Waals surface area contributed by atoms with Crippen molar-refractivity contribution in [1.82, 2.24) is 9.97 Å². The van der Waals surface area contributed by atoms with Crippen LogP contribution in [0.25, 0.3) is 89.3 Å². The molecular weight excluding hydrogens is 840 g/mol. The van der Waals surface area contributed by atoms with Crippen molar-refractivity contribution in [2.45, 2.75) is 77.4 Å². The SMILES string of the molecule is CC1(C)c2ccccc2-c2ccc(-c3ccc(-c4ccccc4-c4cc([B]OC(C)(C)C(C)(C)O)cc(-c5ccccc5-c5ccc(-c6ccc7c(c6)C(C)(C)c6ccccc6-7)nc5)c4)cn3)cc21. The molecule has 9 aromatic rings. The van der Waals surface area contributed by atoms with Crippen LogP contribution in [0, 0.1) is 0 Å². The van der Waals surface area contributed by atoms with Gasteiger partial charge in [-0.3, -0.25) is 9.97 Å². The second-order valence-electron chi connectivity index (χ2n) is 21.0. The van der Waals surface area contributed by atoms with Crippen LogP contribution in [0.4, 0.5) is 0 Å². The highest BCUT2D eigenvalue weighted by atomic mass is 16.5. The predicted octanol–water partition coefficient (Wildman–Crippen LogP) is 14.9. The van der Waals surface area contributed by atoms with Crippen LogP contribution in [0.1, 0.15) is 77.6 Å². The lowest BCUT2D eigenvalue weighted by Crippen LogP contribution is -2.49. The van der Waals surface area contributed by atoms with Crippen LogP contribution in [0.5, 0.6) is 0 Å². The van der Waals surface area contributed by atoms with Gasteiger partial charge in [0.05, 0.1) is 22.6 Å². The van der Waals surface area contributed by atoms with Gasteiger partial charge in [0.15, 0.2) is 0 Å². The third kappa shape index (κ3) is 7.65. The molecule has 4 nitrogen and oxygen atoms in total. The standard InChI is InChI=1S/C64H56BN2O2/c1-61(2)55-23-15-13-21-51(55)53-29-25-40(36-57(53)61)59-31-27-42(38-66-59)47-17-9-11-19-49(47)44-33-45(35-46(34-44)65-69-64(7,8)63(5,6)68)50-20-12-10-18-48(50)43-28-32-60(67-39-43)41-26-30-54-52-22-14-16-24-56(52)62(3,4)58(54)37-41/h9-39,68H,1-8H3. The Morgan fingerprint density at radius 1 is 0.391 bits per heavy atom. The molecular formula is C64H56BN2O2. The second kappa shape index (κ2) is 16.5.